The standard InChI is InChI=1S/C28H57N3O2S2/c1-2-3-4-5-6-7-8-9-10-11-12-13-14-15-16-17-22-31(23-18-27(32)29-20-25-34)24-19-28(33)30-21-26-35/h34-35H,2-26H2,1H3,(H,29,32)(H,30,33). The third-order valence-corrected chi connectivity index (χ3v) is 6.95. The van der Waals surface area contributed by atoms with Crippen molar-refractivity contribution in [3.05, 3.63) is 0 Å². The van der Waals surface area contributed by atoms with Crippen LogP contribution in [0, 0.1) is 0 Å². The molecular formula is C28H57N3O2S2. The van der Waals surface area contributed by atoms with Gasteiger partial charge < -0.3 is 15.5 Å². The Morgan fingerprint density at radius 1 is 0.543 bits per heavy atom. The van der Waals surface area contributed by atoms with E-state index in [4.69, 9.17) is 0 Å². The van der Waals surface area contributed by atoms with E-state index >= 15 is 0 Å². The molecule has 0 aromatic heterocycles. The first-order chi connectivity index (χ1) is 17.1. The van der Waals surface area contributed by atoms with Gasteiger partial charge >= 0.3 is 0 Å². The van der Waals surface area contributed by atoms with E-state index in [9.17, 15) is 9.59 Å². The van der Waals surface area contributed by atoms with E-state index in [2.05, 4.69) is 47.7 Å². The molecule has 0 aliphatic rings. The first kappa shape index (κ1) is 34.6. The van der Waals surface area contributed by atoms with Crippen molar-refractivity contribution < 1.29 is 9.59 Å². The Morgan fingerprint density at radius 3 is 1.23 bits per heavy atom. The first-order valence-electron chi connectivity index (χ1n) is 14.6. The van der Waals surface area contributed by atoms with Gasteiger partial charge in [0.2, 0.25) is 11.8 Å². The Hall–Kier alpha value is -0.400. The number of nitrogens with one attached hydrogen (secondary N) is 2. The Kier molecular flexibility index (Phi) is 27.9. The number of nitrogens with zero attached hydrogens (tertiary/aromatic N) is 1. The topological polar surface area (TPSA) is 61.4 Å². The maximum absolute atomic E-state index is 11.9. The van der Waals surface area contributed by atoms with E-state index in [1.807, 2.05) is 0 Å². The van der Waals surface area contributed by atoms with Crippen LogP contribution in [0.5, 0.6) is 0 Å². The van der Waals surface area contributed by atoms with Crippen LogP contribution in [0.4, 0.5) is 0 Å². The van der Waals surface area contributed by atoms with E-state index in [1.54, 1.807) is 0 Å². The molecule has 2 N–H and O–H groups in total. The SMILES string of the molecule is CCCCCCCCCCCCCCCCCCN(CCC(=O)NCCS)CCC(=O)NCCS. The molecule has 0 radical (unpaired) electrons. The minimum atomic E-state index is 0.0653. The molecule has 0 saturated carbocycles. The van der Waals surface area contributed by atoms with Gasteiger partial charge in [-0.1, -0.05) is 103 Å². The average molecular weight is 532 g/mol. The Labute approximate surface area is 228 Å². The monoisotopic (exact) mass is 531 g/mol. The largest absolute Gasteiger partial charge is 0.355 e. The van der Waals surface area contributed by atoms with Gasteiger partial charge in [-0.15, -0.1) is 0 Å². The number of thiol groups is 2. The molecule has 0 unspecified atom stereocenters. The molecule has 0 saturated heterocycles. The van der Waals surface area contributed by atoms with E-state index in [1.165, 1.54) is 96.3 Å². The van der Waals surface area contributed by atoms with Crippen LogP contribution in [0.3, 0.4) is 0 Å². The predicted octanol–water partition coefficient (Wildman–Crippen LogP) is 6.42. The van der Waals surface area contributed by atoms with Crippen molar-refractivity contribution in [3.63, 3.8) is 0 Å². The summed E-state index contributed by atoms with van der Waals surface area (Å²) >= 11 is 8.27. The fourth-order valence-electron chi connectivity index (χ4n) is 4.31. The van der Waals surface area contributed by atoms with Gasteiger partial charge in [-0.05, 0) is 13.0 Å². The summed E-state index contributed by atoms with van der Waals surface area (Å²) in [5.41, 5.74) is 0. The molecule has 0 atom stereocenters. The molecule has 0 aliphatic heterocycles. The lowest BCUT2D eigenvalue weighted by atomic mass is 10.0. The molecule has 0 aliphatic carbocycles. The lowest BCUT2D eigenvalue weighted by molar-refractivity contribution is -0.121. The van der Waals surface area contributed by atoms with Gasteiger partial charge in [0.1, 0.15) is 0 Å². The molecule has 35 heavy (non-hydrogen) atoms. The number of carbonyl (C=O) groups is 2. The van der Waals surface area contributed by atoms with Crippen molar-refractivity contribution in [1.82, 2.24) is 15.5 Å². The first-order valence-corrected chi connectivity index (χ1v) is 15.9. The minimum Gasteiger partial charge on any atom is -0.355 e. The normalized spacial score (nSPS) is 11.2. The van der Waals surface area contributed by atoms with Crippen LogP contribution in [0.25, 0.3) is 0 Å². The van der Waals surface area contributed by atoms with E-state index in [0.29, 0.717) is 50.5 Å². The Bertz CT molecular complexity index is 457. The highest BCUT2D eigenvalue weighted by Crippen LogP contribution is 2.14. The maximum atomic E-state index is 11.9. The summed E-state index contributed by atoms with van der Waals surface area (Å²) in [4.78, 5) is 26.2. The fourth-order valence-corrected chi connectivity index (χ4v) is 4.53. The van der Waals surface area contributed by atoms with E-state index in [-0.39, 0.29) is 11.8 Å². The number of carbonyl (C=O) groups excluding carboxylic acids is 2. The van der Waals surface area contributed by atoms with Crippen molar-refractivity contribution >= 4 is 37.1 Å². The molecule has 0 heterocycles. The summed E-state index contributed by atoms with van der Waals surface area (Å²) in [6.07, 6.45) is 22.8. The third-order valence-electron chi connectivity index (χ3n) is 6.51. The number of rotatable bonds is 27. The molecule has 0 aromatic rings. The Balaban J connectivity index is 3.79. The van der Waals surface area contributed by atoms with E-state index < -0.39 is 0 Å². The molecule has 0 bridgehead atoms. The maximum Gasteiger partial charge on any atom is 0.221 e. The molecule has 5 nitrogen and oxygen atoms in total. The van der Waals surface area contributed by atoms with Crippen molar-refractivity contribution in [2.24, 2.45) is 0 Å². The summed E-state index contributed by atoms with van der Waals surface area (Å²) in [6, 6.07) is 0. The van der Waals surface area contributed by atoms with E-state index in [0.717, 1.165) is 13.0 Å². The van der Waals surface area contributed by atoms with Gasteiger partial charge in [0.05, 0.1) is 0 Å². The lowest BCUT2D eigenvalue weighted by Gasteiger charge is -2.22. The van der Waals surface area contributed by atoms with Crippen molar-refractivity contribution in [3.8, 4) is 0 Å². The zero-order valence-corrected chi connectivity index (χ0v) is 24.6. The summed E-state index contributed by atoms with van der Waals surface area (Å²) < 4.78 is 0. The quantitative estimate of drug-likeness (QED) is 0.0730. The highest BCUT2D eigenvalue weighted by molar-refractivity contribution is 7.80. The van der Waals surface area contributed by atoms with Crippen molar-refractivity contribution in [2.45, 2.75) is 122 Å². The van der Waals surface area contributed by atoms with Crippen LogP contribution in [0.2, 0.25) is 0 Å². The number of amides is 2. The Morgan fingerprint density at radius 2 is 0.886 bits per heavy atom. The average Bonchev–Trinajstić information content (AvgIpc) is 2.86. The van der Waals surface area contributed by atoms with Crippen LogP contribution >= 0.6 is 25.3 Å². The second-order valence-electron chi connectivity index (χ2n) is 9.79. The minimum absolute atomic E-state index is 0.0653. The van der Waals surface area contributed by atoms with Crippen molar-refractivity contribution in [2.75, 3.05) is 44.2 Å². The second-order valence-corrected chi connectivity index (χ2v) is 10.7. The molecule has 2 amide bonds. The molecule has 0 aromatic carbocycles. The third kappa shape index (κ3) is 26.5. The number of hydrogen-bond donors (Lipinski definition) is 4. The molecular weight excluding hydrogens is 474 g/mol. The van der Waals surface area contributed by atoms with Gasteiger partial charge in [0.25, 0.3) is 0 Å². The van der Waals surface area contributed by atoms with Crippen molar-refractivity contribution in [1.29, 1.82) is 0 Å². The molecule has 0 rings (SSSR count). The molecule has 7 heteroatoms. The number of hydrogen-bond acceptors (Lipinski definition) is 5. The number of unbranched alkanes of at least 4 members (excludes halogenated alkanes) is 15. The van der Waals surface area contributed by atoms with Crippen LogP contribution in [0.1, 0.15) is 122 Å². The zero-order valence-electron chi connectivity index (χ0n) is 22.8. The van der Waals surface area contributed by atoms with Crippen LogP contribution in [-0.2, 0) is 9.59 Å². The summed E-state index contributed by atoms with van der Waals surface area (Å²) in [7, 11) is 0. The van der Waals surface area contributed by atoms with Gasteiger partial charge in [0.15, 0.2) is 0 Å². The van der Waals surface area contributed by atoms with Gasteiger partial charge in [-0.2, -0.15) is 25.3 Å². The van der Waals surface area contributed by atoms with Gasteiger partial charge in [0, 0.05) is 50.5 Å². The van der Waals surface area contributed by atoms with Crippen LogP contribution < -0.4 is 10.6 Å². The molecule has 0 fully saturated rings. The van der Waals surface area contributed by atoms with Gasteiger partial charge in [-0.3, -0.25) is 9.59 Å². The summed E-state index contributed by atoms with van der Waals surface area (Å²) in [5.74, 6) is 1.44. The zero-order chi connectivity index (χ0) is 25.8. The second kappa shape index (κ2) is 28.2. The lowest BCUT2D eigenvalue weighted by Crippen LogP contribution is -2.35. The summed E-state index contributed by atoms with van der Waals surface area (Å²) in [6.45, 7) is 5.86. The van der Waals surface area contributed by atoms with Gasteiger partial charge in [-0.25, -0.2) is 0 Å². The molecule has 0 spiro atoms. The fraction of sp³-hybridized carbons (Fsp3) is 0.929. The molecule has 208 valence electrons. The smallest absolute Gasteiger partial charge is 0.221 e. The predicted molar refractivity (Wildman–Crippen MR) is 159 cm³/mol. The summed E-state index contributed by atoms with van der Waals surface area (Å²) in [5, 5.41) is 5.75. The van der Waals surface area contributed by atoms with Crippen LogP contribution in [-0.4, -0.2) is 60.9 Å². The highest BCUT2D eigenvalue weighted by Gasteiger charge is 2.10. The highest BCUT2D eigenvalue weighted by atomic mass is 32.1. The van der Waals surface area contributed by atoms with Crippen LogP contribution in [0.15, 0.2) is 0 Å².